The van der Waals surface area contributed by atoms with E-state index in [0.29, 0.717) is 59.9 Å². The molecular formula is C27H28ClN3O7. The van der Waals surface area contributed by atoms with Crippen molar-refractivity contribution in [2.45, 2.75) is 24.9 Å². The van der Waals surface area contributed by atoms with Crippen LogP contribution in [0.4, 0.5) is 10.5 Å². The summed E-state index contributed by atoms with van der Waals surface area (Å²) in [5.74, 6) is 1.28. The van der Waals surface area contributed by atoms with Crippen LogP contribution in [0.1, 0.15) is 40.1 Å². The first kappa shape index (κ1) is 27.0. The summed E-state index contributed by atoms with van der Waals surface area (Å²) in [6, 6.07) is 12.1. The lowest BCUT2D eigenvalue weighted by molar-refractivity contribution is -0.00584. The molecule has 1 aromatic heterocycles. The lowest BCUT2D eigenvalue weighted by atomic mass is 9.82. The molecule has 0 radical (unpaired) electrons. The topological polar surface area (TPSA) is 116 Å². The van der Waals surface area contributed by atoms with E-state index in [1.54, 1.807) is 49.5 Å². The van der Waals surface area contributed by atoms with Crippen LogP contribution in [0, 0.1) is 0 Å². The molecule has 2 amide bonds. The minimum absolute atomic E-state index is 0. The molecule has 1 N–H and O–H groups in total. The van der Waals surface area contributed by atoms with E-state index in [0.717, 1.165) is 5.39 Å². The standard InChI is InChI=1S/C27H27N3O7.ClH/c1-34-22-6-4-5-17-23(35-2)14-19(29-24(17)22)25(32)30-11-9-27(10-12-30)15-20(31)18-13-16(28-26(33)36-3)7-8-21(18)37-27;/h4-8,13-14H,9-12,15H2,1-3H3,(H,28,33);1H. The summed E-state index contributed by atoms with van der Waals surface area (Å²) in [4.78, 5) is 44.2. The Morgan fingerprint density at radius 1 is 1.03 bits per heavy atom. The average Bonchev–Trinajstić information content (AvgIpc) is 2.92. The minimum Gasteiger partial charge on any atom is -0.496 e. The van der Waals surface area contributed by atoms with Gasteiger partial charge in [-0.1, -0.05) is 6.07 Å². The number of anilines is 1. The molecule has 1 fully saturated rings. The number of nitrogens with zero attached hydrogens (tertiary/aromatic N) is 2. The van der Waals surface area contributed by atoms with Crippen molar-refractivity contribution in [1.82, 2.24) is 9.88 Å². The maximum Gasteiger partial charge on any atom is 0.411 e. The molecule has 200 valence electrons. The molecule has 3 heterocycles. The van der Waals surface area contributed by atoms with Gasteiger partial charge in [-0.2, -0.15) is 0 Å². The molecule has 2 aliphatic rings. The van der Waals surface area contributed by atoms with E-state index in [1.165, 1.54) is 7.11 Å². The highest BCUT2D eigenvalue weighted by atomic mass is 35.5. The highest BCUT2D eigenvalue weighted by molar-refractivity contribution is 6.02. The Labute approximate surface area is 225 Å². The van der Waals surface area contributed by atoms with E-state index in [9.17, 15) is 14.4 Å². The fourth-order valence-corrected chi connectivity index (χ4v) is 4.93. The molecule has 38 heavy (non-hydrogen) atoms. The number of likely N-dealkylation sites (tertiary alicyclic amines) is 1. The highest BCUT2D eigenvalue weighted by Gasteiger charge is 2.44. The molecule has 11 heteroatoms. The third-order valence-electron chi connectivity index (χ3n) is 6.91. The molecule has 0 saturated carbocycles. The lowest BCUT2D eigenvalue weighted by Gasteiger charge is -2.44. The molecule has 0 unspecified atom stereocenters. The van der Waals surface area contributed by atoms with Crippen molar-refractivity contribution in [1.29, 1.82) is 0 Å². The van der Waals surface area contributed by atoms with Crippen LogP contribution in [0.15, 0.2) is 42.5 Å². The van der Waals surface area contributed by atoms with Gasteiger partial charge >= 0.3 is 6.09 Å². The van der Waals surface area contributed by atoms with Crippen LogP contribution in [-0.2, 0) is 4.74 Å². The molecule has 5 rings (SSSR count). The second-order valence-electron chi connectivity index (χ2n) is 9.07. The Kier molecular flexibility index (Phi) is 7.63. The van der Waals surface area contributed by atoms with Crippen LogP contribution in [-0.4, -0.2) is 67.7 Å². The maximum absolute atomic E-state index is 13.4. The van der Waals surface area contributed by atoms with Crippen LogP contribution in [0.25, 0.3) is 10.9 Å². The van der Waals surface area contributed by atoms with E-state index in [4.69, 9.17) is 14.2 Å². The van der Waals surface area contributed by atoms with Gasteiger partial charge in [0.1, 0.15) is 34.1 Å². The van der Waals surface area contributed by atoms with Crippen LogP contribution < -0.4 is 19.5 Å². The normalized spacial score (nSPS) is 15.7. The number of fused-ring (bicyclic) bond motifs is 2. The number of rotatable bonds is 4. The molecule has 2 aromatic carbocycles. The van der Waals surface area contributed by atoms with Crippen molar-refractivity contribution in [3.05, 3.63) is 53.7 Å². The molecule has 0 aliphatic carbocycles. The third kappa shape index (κ3) is 4.91. The molecule has 0 atom stereocenters. The first-order valence-electron chi connectivity index (χ1n) is 11.9. The molecule has 3 aromatic rings. The summed E-state index contributed by atoms with van der Waals surface area (Å²) in [6.07, 6.45) is 0.582. The number of benzene rings is 2. The number of piperidine rings is 1. The van der Waals surface area contributed by atoms with Gasteiger partial charge in [-0.15, -0.1) is 12.4 Å². The lowest BCUT2D eigenvalue weighted by Crippen LogP contribution is -2.52. The van der Waals surface area contributed by atoms with Crippen molar-refractivity contribution in [3.63, 3.8) is 0 Å². The van der Waals surface area contributed by atoms with Crippen molar-refractivity contribution >= 4 is 46.8 Å². The summed E-state index contributed by atoms with van der Waals surface area (Å²) in [6.45, 7) is 0.828. The summed E-state index contributed by atoms with van der Waals surface area (Å²) in [5.41, 5.74) is 1.00. The number of hydrogen-bond donors (Lipinski definition) is 1. The zero-order chi connectivity index (χ0) is 26.2. The highest BCUT2D eigenvalue weighted by Crippen LogP contribution is 2.40. The maximum atomic E-state index is 13.4. The Morgan fingerprint density at radius 3 is 2.45 bits per heavy atom. The zero-order valence-corrected chi connectivity index (χ0v) is 22.1. The first-order valence-corrected chi connectivity index (χ1v) is 11.9. The zero-order valence-electron chi connectivity index (χ0n) is 21.2. The number of aromatic nitrogens is 1. The number of amides is 2. The SMILES string of the molecule is COC(=O)Nc1ccc2c(c1)C(=O)CC1(CCN(C(=O)c3cc(OC)c4cccc(OC)c4n3)CC1)O2.Cl. The van der Waals surface area contributed by atoms with Crippen LogP contribution in [0.5, 0.6) is 17.2 Å². The molecule has 2 aliphatic heterocycles. The number of carbonyl (C=O) groups is 3. The van der Waals surface area contributed by atoms with Gasteiger partial charge < -0.3 is 23.8 Å². The number of ether oxygens (including phenoxy) is 4. The number of ketones is 1. The number of halogens is 1. The van der Waals surface area contributed by atoms with Crippen molar-refractivity contribution in [3.8, 4) is 17.2 Å². The summed E-state index contributed by atoms with van der Waals surface area (Å²) >= 11 is 0. The van der Waals surface area contributed by atoms with Crippen LogP contribution in [0.2, 0.25) is 0 Å². The number of nitrogens with one attached hydrogen (secondary N) is 1. The summed E-state index contributed by atoms with van der Waals surface area (Å²) in [5, 5.41) is 3.32. The van der Waals surface area contributed by atoms with Gasteiger partial charge in [0.2, 0.25) is 0 Å². The Morgan fingerprint density at radius 2 is 1.76 bits per heavy atom. The van der Waals surface area contributed by atoms with E-state index in [1.807, 2.05) is 12.1 Å². The van der Waals surface area contributed by atoms with Gasteiger partial charge in [0.15, 0.2) is 5.78 Å². The fraction of sp³-hybridized carbons (Fsp3) is 0.333. The molecule has 10 nitrogen and oxygen atoms in total. The van der Waals surface area contributed by atoms with Crippen molar-refractivity contribution in [2.24, 2.45) is 0 Å². The Bertz CT molecular complexity index is 1400. The van der Waals surface area contributed by atoms with E-state index in [2.05, 4.69) is 15.0 Å². The number of carbonyl (C=O) groups excluding carboxylic acids is 3. The first-order chi connectivity index (χ1) is 17.9. The quantitative estimate of drug-likeness (QED) is 0.513. The van der Waals surface area contributed by atoms with Gasteiger partial charge in [0.25, 0.3) is 5.91 Å². The number of pyridine rings is 1. The third-order valence-corrected chi connectivity index (χ3v) is 6.91. The number of hydrogen-bond acceptors (Lipinski definition) is 8. The average molecular weight is 542 g/mol. The Balaban J connectivity index is 0.00000336. The predicted octanol–water partition coefficient (Wildman–Crippen LogP) is 4.49. The fourth-order valence-electron chi connectivity index (χ4n) is 4.93. The Hall–Kier alpha value is -4.05. The smallest absolute Gasteiger partial charge is 0.411 e. The van der Waals surface area contributed by atoms with Gasteiger partial charge in [-0.25, -0.2) is 9.78 Å². The number of Topliss-reactive ketones (excluding diaryl/α,β-unsaturated/α-hetero) is 1. The van der Waals surface area contributed by atoms with Crippen molar-refractivity contribution < 1.29 is 33.3 Å². The van der Waals surface area contributed by atoms with E-state index in [-0.39, 0.29) is 36.2 Å². The number of para-hydroxylation sites is 1. The van der Waals surface area contributed by atoms with Gasteiger partial charge in [-0.05, 0) is 30.3 Å². The van der Waals surface area contributed by atoms with Gasteiger partial charge in [-0.3, -0.25) is 14.9 Å². The van der Waals surface area contributed by atoms with E-state index < -0.39 is 11.7 Å². The monoisotopic (exact) mass is 541 g/mol. The van der Waals surface area contributed by atoms with Gasteiger partial charge in [0, 0.05) is 43.1 Å². The molecule has 1 saturated heterocycles. The molecule has 0 bridgehead atoms. The van der Waals surface area contributed by atoms with Crippen molar-refractivity contribution in [2.75, 3.05) is 39.7 Å². The minimum atomic E-state index is -0.685. The summed E-state index contributed by atoms with van der Waals surface area (Å²) in [7, 11) is 4.38. The largest absolute Gasteiger partial charge is 0.496 e. The second kappa shape index (κ2) is 10.7. The van der Waals surface area contributed by atoms with E-state index >= 15 is 0 Å². The van der Waals surface area contributed by atoms with Crippen LogP contribution >= 0.6 is 12.4 Å². The van der Waals surface area contributed by atoms with Gasteiger partial charge in [0.05, 0.1) is 33.3 Å². The molecule has 1 spiro atoms. The number of methoxy groups -OCH3 is 3. The predicted molar refractivity (Wildman–Crippen MR) is 142 cm³/mol. The summed E-state index contributed by atoms with van der Waals surface area (Å²) < 4.78 is 21.9. The second-order valence-corrected chi connectivity index (χ2v) is 9.07. The van der Waals surface area contributed by atoms with Crippen LogP contribution in [0.3, 0.4) is 0 Å². The molecular weight excluding hydrogens is 514 g/mol.